The summed E-state index contributed by atoms with van der Waals surface area (Å²) >= 11 is 1.26. The average Bonchev–Trinajstić information content (AvgIpc) is 2.28. The van der Waals surface area contributed by atoms with Gasteiger partial charge in [0.15, 0.2) is 0 Å². The SMILES string of the molecule is Cc1cc(SCC(=O)O)nc2c(C)cccc12. The summed E-state index contributed by atoms with van der Waals surface area (Å²) < 4.78 is 0. The Labute approximate surface area is 104 Å². The molecule has 0 aliphatic heterocycles. The maximum absolute atomic E-state index is 10.5. The van der Waals surface area contributed by atoms with Crippen molar-refractivity contribution in [3.8, 4) is 0 Å². The first-order valence-corrected chi connectivity index (χ1v) is 6.28. The summed E-state index contributed by atoms with van der Waals surface area (Å²) in [5.74, 6) is -0.775. The lowest BCUT2D eigenvalue weighted by Crippen LogP contribution is -1.98. The second-order valence-corrected chi connectivity index (χ2v) is 4.93. The van der Waals surface area contributed by atoms with Crippen LogP contribution in [-0.2, 0) is 4.79 Å². The van der Waals surface area contributed by atoms with Crippen molar-refractivity contribution >= 4 is 28.6 Å². The first-order chi connectivity index (χ1) is 8.08. The summed E-state index contributed by atoms with van der Waals surface area (Å²) in [6, 6.07) is 8.00. The second-order valence-electron chi connectivity index (χ2n) is 3.93. The van der Waals surface area contributed by atoms with E-state index < -0.39 is 5.97 Å². The van der Waals surface area contributed by atoms with Crippen LogP contribution in [0.25, 0.3) is 10.9 Å². The van der Waals surface area contributed by atoms with Crippen LogP contribution >= 0.6 is 11.8 Å². The quantitative estimate of drug-likeness (QED) is 0.847. The normalized spacial score (nSPS) is 10.7. The lowest BCUT2D eigenvalue weighted by molar-refractivity contribution is -0.133. The zero-order valence-electron chi connectivity index (χ0n) is 9.73. The molecule has 0 radical (unpaired) electrons. The molecule has 0 aliphatic rings. The molecule has 17 heavy (non-hydrogen) atoms. The molecular weight excluding hydrogens is 234 g/mol. The topological polar surface area (TPSA) is 50.2 Å². The summed E-state index contributed by atoms with van der Waals surface area (Å²) in [6.07, 6.45) is 0. The van der Waals surface area contributed by atoms with Gasteiger partial charge in [-0.15, -0.1) is 0 Å². The van der Waals surface area contributed by atoms with Crippen molar-refractivity contribution in [2.45, 2.75) is 18.9 Å². The van der Waals surface area contributed by atoms with E-state index in [0.29, 0.717) is 0 Å². The Kier molecular flexibility index (Phi) is 3.33. The second kappa shape index (κ2) is 4.75. The monoisotopic (exact) mass is 247 g/mol. The average molecular weight is 247 g/mol. The Hall–Kier alpha value is -1.55. The molecule has 4 heteroatoms. The fraction of sp³-hybridized carbons (Fsp3) is 0.231. The first-order valence-electron chi connectivity index (χ1n) is 5.29. The highest BCUT2D eigenvalue weighted by Crippen LogP contribution is 2.25. The minimum atomic E-state index is -0.820. The Morgan fingerprint density at radius 3 is 2.82 bits per heavy atom. The smallest absolute Gasteiger partial charge is 0.313 e. The van der Waals surface area contributed by atoms with Crippen LogP contribution in [0, 0.1) is 13.8 Å². The zero-order chi connectivity index (χ0) is 12.4. The fourth-order valence-electron chi connectivity index (χ4n) is 1.74. The molecule has 2 rings (SSSR count). The molecule has 3 nitrogen and oxygen atoms in total. The molecule has 0 unspecified atom stereocenters. The largest absolute Gasteiger partial charge is 0.481 e. The van der Waals surface area contributed by atoms with Crippen molar-refractivity contribution in [2.75, 3.05) is 5.75 Å². The van der Waals surface area contributed by atoms with Gasteiger partial charge in [-0.2, -0.15) is 0 Å². The standard InChI is InChI=1S/C13H13NO2S/c1-8-4-3-5-10-9(2)6-11(14-13(8)10)17-7-12(15)16/h3-6H,7H2,1-2H3,(H,15,16). The molecule has 1 heterocycles. The molecular formula is C13H13NO2S. The van der Waals surface area contributed by atoms with E-state index in [4.69, 9.17) is 5.11 Å². The van der Waals surface area contributed by atoms with Crippen LogP contribution < -0.4 is 0 Å². The number of rotatable bonds is 3. The van der Waals surface area contributed by atoms with Crippen molar-refractivity contribution in [2.24, 2.45) is 0 Å². The Morgan fingerprint density at radius 1 is 1.35 bits per heavy atom. The van der Waals surface area contributed by atoms with E-state index in [1.54, 1.807) is 0 Å². The highest BCUT2D eigenvalue weighted by Gasteiger charge is 2.06. The summed E-state index contributed by atoms with van der Waals surface area (Å²) in [5, 5.41) is 10.6. The molecule has 1 aromatic carbocycles. The number of aryl methyl sites for hydroxylation is 2. The summed E-state index contributed by atoms with van der Waals surface area (Å²) in [5.41, 5.74) is 3.20. The number of carboxylic acids is 1. The van der Waals surface area contributed by atoms with E-state index in [1.807, 2.05) is 38.1 Å². The number of benzene rings is 1. The number of pyridine rings is 1. The maximum Gasteiger partial charge on any atom is 0.313 e. The van der Waals surface area contributed by atoms with Gasteiger partial charge < -0.3 is 5.11 Å². The maximum atomic E-state index is 10.5. The number of aliphatic carboxylic acids is 1. The molecule has 0 bridgehead atoms. The zero-order valence-corrected chi connectivity index (χ0v) is 10.5. The van der Waals surface area contributed by atoms with Gasteiger partial charge in [0.25, 0.3) is 0 Å². The van der Waals surface area contributed by atoms with Crippen LogP contribution in [0.1, 0.15) is 11.1 Å². The molecule has 1 N–H and O–H groups in total. The summed E-state index contributed by atoms with van der Waals surface area (Å²) in [6.45, 7) is 4.04. The molecule has 0 atom stereocenters. The van der Waals surface area contributed by atoms with Crippen LogP contribution in [-0.4, -0.2) is 21.8 Å². The molecule has 0 aliphatic carbocycles. The van der Waals surface area contributed by atoms with Crippen molar-refractivity contribution in [3.05, 3.63) is 35.4 Å². The van der Waals surface area contributed by atoms with E-state index in [0.717, 1.165) is 27.1 Å². The van der Waals surface area contributed by atoms with E-state index in [-0.39, 0.29) is 5.75 Å². The highest BCUT2D eigenvalue weighted by molar-refractivity contribution is 7.99. The van der Waals surface area contributed by atoms with Gasteiger partial charge in [-0.05, 0) is 31.0 Å². The van der Waals surface area contributed by atoms with Crippen molar-refractivity contribution in [1.82, 2.24) is 4.98 Å². The number of nitrogens with zero attached hydrogens (tertiary/aromatic N) is 1. The van der Waals surface area contributed by atoms with Gasteiger partial charge in [0.1, 0.15) is 0 Å². The van der Waals surface area contributed by atoms with Gasteiger partial charge in [0.2, 0.25) is 0 Å². The van der Waals surface area contributed by atoms with Crippen LogP contribution in [0.2, 0.25) is 0 Å². The number of hydrogen-bond acceptors (Lipinski definition) is 3. The number of carboxylic acid groups (broad SMARTS) is 1. The molecule has 88 valence electrons. The molecule has 0 spiro atoms. The van der Waals surface area contributed by atoms with Crippen molar-refractivity contribution in [3.63, 3.8) is 0 Å². The Balaban J connectivity index is 2.46. The van der Waals surface area contributed by atoms with Crippen LogP contribution in [0.4, 0.5) is 0 Å². The highest BCUT2D eigenvalue weighted by atomic mass is 32.2. The van der Waals surface area contributed by atoms with Crippen LogP contribution in [0.15, 0.2) is 29.3 Å². The summed E-state index contributed by atoms with van der Waals surface area (Å²) in [4.78, 5) is 15.0. The molecule has 0 saturated carbocycles. The van der Waals surface area contributed by atoms with Gasteiger partial charge in [-0.3, -0.25) is 4.79 Å². The number of carbonyl (C=O) groups is 1. The molecule has 2 aromatic rings. The summed E-state index contributed by atoms with van der Waals surface area (Å²) in [7, 11) is 0. The van der Waals surface area contributed by atoms with Gasteiger partial charge in [-0.25, -0.2) is 4.98 Å². The molecule has 0 fully saturated rings. The van der Waals surface area contributed by atoms with E-state index in [2.05, 4.69) is 4.98 Å². The number of para-hydroxylation sites is 1. The lowest BCUT2D eigenvalue weighted by atomic mass is 10.1. The van der Waals surface area contributed by atoms with Crippen molar-refractivity contribution < 1.29 is 9.90 Å². The third-order valence-electron chi connectivity index (χ3n) is 2.57. The molecule has 0 saturated heterocycles. The Bertz CT molecular complexity index is 581. The number of fused-ring (bicyclic) bond motifs is 1. The molecule has 0 amide bonds. The van der Waals surface area contributed by atoms with Crippen molar-refractivity contribution in [1.29, 1.82) is 0 Å². The van der Waals surface area contributed by atoms with Gasteiger partial charge in [0.05, 0.1) is 16.3 Å². The molecule has 1 aromatic heterocycles. The third-order valence-corrected chi connectivity index (χ3v) is 3.46. The predicted octanol–water partition coefficient (Wildman–Crippen LogP) is 3.03. The Morgan fingerprint density at radius 2 is 2.12 bits per heavy atom. The first kappa shape index (κ1) is 11.9. The lowest BCUT2D eigenvalue weighted by Gasteiger charge is -2.07. The fourth-order valence-corrected chi connectivity index (χ4v) is 2.43. The van der Waals surface area contributed by atoms with Gasteiger partial charge in [-0.1, -0.05) is 30.0 Å². The van der Waals surface area contributed by atoms with E-state index in [1.165, 1.54) is 11.8 Å². The minimum Gasteiger partial charge on any atom is -0.481 e. The van der Waals surface area contributed by atoms with E-state index >= 15 is 0 Å². The number of hydrogen-bond donors (Lipinski definition) is 1. The van der Waals surface area contributed by atoms with E-state index in [9.17, 15) is 4.79 Å². The predicted molar refractivity (Wildman–Crippen MR) is 69.6 cm³/mol. The van der Waals surface area contributed by atoms with Gasteiger partial charge >= 0.3 is 5.97 Å². The number of aromatic nitrogens is 1. The van der Waals surface area contributed by atoms with Crippen LogP contribution in [0.5, 0.6) is 0 Å². The number of thioether (sulfide) groups is 1. The minimum absolute atomic E-state index is 0.0455. The van der Waals surface area contributed by atoms with Crippen LogP contribution in [0.3, 0.4) is 0 Å². The van der Waals surface area contributed by atoms with Gasteiger partial charge in [0, 0.05) is 5.39 Å². The third kappa shape index (κ3) is 2.58.